The van der Waals surface area contributed by atoms with Crippen LogP contribution < -0.4 is 11.1 Å². The van der Waals surface area contributed by atoms with E-state index in [2.05, 4.69) is 5.32 Å². The monoisotopic (exact) mass is 270 g/mol. The zero-order valence-electron chi connectivity index (χ0n) is 11.4. The molecule has 3 N–H and O–H groups in total. The van der Waals surface area contributed by atoms with Gasteiger partial charge < -0.3 is 15.5 Å². The lowest BCUT2D eigenvalue weighted by atomic mass is 10.2. The standard InChI is InChI=1S/C16H18N2O2/c1-12(11-15-3-2-10-20-15)18-16(19)9-6-13-4-7-14(17)8-5-13/h2-10,12H,11,17H2,1H3,(H,18,19)/b9-6+. The molecule has 1 atom stereocenters. The Morgan fingerprint density at radius 2 is 2.10 bits per heavy atom. The maximum atomic E-state index is 11.8. The molecular formula is C16H18N2O2. The molecule has 4 heteroatoms. The molecular weight excluding hydrogens is 252 g/mol. The lowest BCUT2D eigenvalue weighted by molar-refractivity contribution is -0.117. The molecule has 1 heterocycles. The van der Waals surface area contributed by atoms with Crippen molar-refractivity contribution in [3.8, 4) is 0 Å². The normalized spacial score (nSPS) is 12.4. The number of nitrogens with two attached hydrogens (primary N) is 1. The minimum atomic E-state index is -0.124. The van der Waals surface area contributed by atoms with Crippen LogP contribution in [-0.4, -0.2) is 11.9 Å². The molecule has 0 aliphatic carbocycles. The van der Waals surface area contributed by atoms with Gasteiger partial charge in [-0.25, -0.2) is 0 Å². The Bertz CT molecular complexity index is 571. The highest BCUT2D eigenvalue weighted by molar-refractivity contribution is 5.91. The Balaban J connectivity index is 1.84. The number of amides is 1. The van der Waals surface area contributed by atoms with Crippen molar-refractivity contribution in [3.63, 3.8) is 0 Å². The average Bonchev–Trinajstić information content (AvgIpc) is 2.90. The van der Waals surface area contributed by atoms with E-state index in [1.807, 2.05) is 31.2 Å². The largest absolute Gasteiger partial charge is 0.469 e. The van der Waals surface area contributed by atoms with Crippen LogP contribution in [-0.2, 0) is 11.2 Å². The van der Waals surface area contributed by atoms with Crippen LogP contribution in [0, 0.1) is 0 Å². The molecule has 0 aliphatic heterocycles. The highest BCUT2D eigenvalue weighted by Gasteiger charge is 2.07. The number of nitrogen functional groups attached to an aromatic ring is 1. The first-order valence-electron chi connectivity index (χ1n) is 6.50. The number of carbonyl (C=O) groups is 1. The number of rotatable bonds is 5. The van der Waals surface area contributed by atoms with E-state index >= 15 is 0 Å². The van der Waals surface area contributed by atoms with Crippen LogP contribution in [0.25, 0.3) is 6.08 Å². The molecule has 1 aromatic carbocycles. The molecule has 0 radical (unpaired) electrons. The summed E-state index contributed by atoms with van der Waals surface area (Å²) in [5.74, 6) is 0.737. The van der Waals surface area contributed by atoms with Gasteiger partial charge >= 0.3 is 0 Å². The van der Waals surface area contributed by atoms with Crippen LogP contribution in [0.1, 0.15) is 18.2 Å². The van der Waals surface area contributed by atoms with Crippen molar-refractivity contribution in [2.24, 2.45) is 0 Å². The average molecular weight is 270 g/mol. The summed E-state index contributed by atoms with van der Waals surface area (Å²) in [6.07, 6.45) is 5.58. The number of furan rings is 1. The van der Waals surface area contributed by atoms with Gasteiger partial charge in [-0.15, -0.1) is 0 Å². The fourth-order valence-electron chi connectivity index (χ4n) is 1.85. The molecule has 1 amide bonds. The van der Waals surface area contributed by atoms with Crippen molar-refractivity contribution < 1.29 is 9.21 Å². The number of nitrogens with one attached hydrogen (secondary N) is 1. The molecule has 1 unspecified atom stereocenters. The third-order valence-corrected chi connectivity index (χ3v) is 2.84. The van der Waals surface area contributed by atoms with Gasteiger partial charge in [-0.05, 0) is 42.8 Å². The zero-order chi connectivity index (χ0) is 14.4. The van der Waals surface area contributed by atoms with Gasteiger partial charge in [0.2, 0.25) is 5.91 Å². The van der Waals surface area contributed by atoms with E-state index in [1.165, 1.54) is 6.08 Å². The Morgan fingerprint density at radius 1 is 1.35 bits per heavy atom. The Labute approximate surface area is 118 Å². The zero-order valence-corrected chi connectivity index (χ0v) is 11.4. The highest BCUT2D eigenvalue weighted by Crippen LogP contribution is 2.07. The van der Waals surface area contributed by atoms with Crippen LogP contribution in [0.4, 0.5) is 5.69 Å². The Hall–Kier alpha value is -2.49. The summed E-state index contributed by atoms with van der Waals surface area (Å²) in [6.45, 7) is 1.94. The molecule has 2 aromatic rings. The number of benzene rings is 1. The van der Waals surface area contributed by atoms with Gasteiger partial charge in [0.25, 0.3) is 0 Å². The minimum absolute atomic E-state index is 0.0183. The van der Waals surface area contributed by atoms with Crippen LogP contribution in [0.15, 0.2) is 53.2 Å². The smallest absolute Gasteiger partial charge is 0.244 e. The van der Waals surface area contributed by atoms with E-state index < -0.39 is 0 Å². The maximum Gasteiger partial charge on any atom is 0.244 e. The predicted octanol–water partition coefficient (Wildman–Crippen LogP) is 2.62. The van der Waals surface area contributed by atoms with Crippen LogP contribution in [0.3, 0.4) is 0 Å². The third-order valence-electron chi connectivity index (χ3n) is 2.84. The van der Waals surface area contributed by atoms with Gasteiger partial charge in [0.05, 0.1) is 6.26 Å². The molecule has 0 fully saturated rings. The van der Waals surface area contributed by atoms with Crippen LogP contribution in [0.2, 0.25) is 0 Å². The SMILES string of the molecule is CC(Cc1ccco1)NC(=O)/C=C/c1ccc(N)cc1. The summed E-state index contributed by atoms with van der Waals surface area (Å²) in [7, 11) is 0. The van der Waals surface area contributed by atoms with Crippen molar-refractivity contribution >= 4 is 17.7 Å². The summed E-state index contributed by atoms with van der Waals surface area (Å²) in [5, 5.41) is 2.89. The molecule has 20 heavy (non-hydrogen) atoms. The number of carbonyl (C=O) groups excluding carboxylic acids is 1. The van der Waals surface area contributed by atoms with Crippen LogP contribution >= 0.6 is 0 Å². The molecule has 104 valence electrons. The van der Waals surface area contributed by atoms with E-state index in [-0.39, 0.29) is 11.9 Å². The lowest BCUT2D eigenvalue weighted by Gasteiger charge is -2.10. The summed E-state index contributed by atoms with van der Waals surface area (Å²) < 4.78 is 5.25. The van der Waals surface area contributed by atoms with E-state index in [4.69, 9.17) is 10.2 Å². The summed E-state index contributed by atoms with van der Waals surface area (Å²) in [4.78, 5) is 11.8. The van der Waals surface area contributed by atoms with Crippen molar-refractivity contribution in [2.45, 2.75) is 19.4 Å². The fourth-order valence-corrected chi connectivity index (χ4v) is 1.85. The highest BCUT2D eigenvalue weighted by atomic mass is 16.3. The summed E-state index contributed by atoms with van der Waals surface area (Å²) in [5.41, 5.74) is 7.25. The third kappa shape index (κ3) is 4.31. The van der Waals surface area contributed by atoms with Crippen molar-refractivity contribution in [1.29, 1.82) is 0 Å². The first-order valence-corrected chi connectivity index (χ1v) is 6.50. The quantitative estimate of drug-likeness (QED) is 0.648. The number of hydrogen-bond donors (Lipinski definition) is 2. The Kier molecular flexibility index (Phi) is 4.60. The van der Waals surface area contributed by atoms with Gasteiger partial charge in [0, 0.05) is 24.2 Å². The molecule has 0 saturated carbocycles. The van der Waals surface area contributed by atoms with E-state index in [1.54, 1.807) is 24.5 Å². The van der Waals surface area contributed by atoms with Crippen molar-refractivity contribution in [1.82, 2.24) is 5.32 Å². The van der Waals surface area contributed by atoms with E-state index in [0.29, 0.717) is 12.1 Å². The van der Waals surface area contributed by atoms with E-state index in [9.17, 15) is 4.79 Å². The Morgan fingerprint density at radius 3 is 2.75 bits per heavy atom. The molecule has 2 rings (SSSR count). The first-order chi connectivity index (χ1) is 9.63. The topological polar surface area (TPSA) is 68.3 Å². The van der Waals surface area contributed by atoms with Gasteiger partial charge in [0.15, 0.2) is 0 Å². The van der Waals surface area contributed by atoms with Gasteiger partial charge in [-0.1, -0.05) is 12.1 Å². The van der Waals surface area contributed by atoms with Gasteiger partial charge in [-0.2, -0.15) is 0 Å². The molecule has 0 spiro atoms. The number of hydrogen-bond acceptors (Lipinski definition) is 3. The minimum Gasteiger partial charge on any atom is -0.469 e. The van der Waals surface area contributed by atoms with Crippen molar-refractivity contribution in [3.05, 3.63) is 60.1 Å². The van der Waals surface area contributed by atoms with Gasteiger partial charge in [-0.3, -0.25) is 4.79 Å². The fraction of sp³-hybridized carbons (Fsp3) is 0.188. The second kappa shape index (κ2) is 6.61. The first kappa shape index (κ1) is 13.9. The van der Waals surface area contributed by atoms with Gasteiger partial charge in [0.1, 0.15) is 5.76 Å². The maximum absolute atomic E-state index is 11.8. The second-order valence-corrected chi connectivity index (χ2v) is 4.69. The second-order valence-electron chi connectivity index (χ2n) is 4.69. The predicted molar refractivity (Wildman–Crippen MR) is 79.9 cm³/mol. The van der Waals surface area contributed by atoms with Crippen molar-refractivity contribution in [2.75, 3.05) is 5.73 Å². The molecule has 0 saturated heterocycles. The molecule has 0 bridgehead atoms. The molecule has 4 nitrogen and oxygen atoms in total. The number of anilines is 1. The van der Waals surface area contributed by atoms with Crippen LogP contribution in [0.5, 0.6) is 0 Å². The molecule has 1 aromatic heterocycles. The molecule has 0 aliphatic rings. The lowest BCUT2D eigenvalue weighted by Crippen LogP contribution is -2.32. The van der Waals surface area contributed by atoms with E-state index in [0.717, 1.165) is 11.3 Å². The summed E-state index contributed by atoms with van der Waals surface area (Å²) in [6, 6.07) is 11.1. The summed E-state index contributed by atoms with van der Waals surface area (Å²) >= 11 is 0.